The van der Waals surface area contributed by atoms with Gasteiger partial charge in [0.25, 0.3) is 0 Å². The first-order valence-corrected chi connectivity index (χ1v) is 6.61. The van der Waals surface area contributed by atoms with Gasteiger partial charge in [-0.1, -0.05) is 29.3 Å². The van der Waals surface area contributed by atoms with Gasteiger partial charge in [-0.3, -0.25) is 4.98 Å². The van der Waals surface area contributed by atoms with Crippen LogP contribution >= 0.6 is 23.2 Å². The lowest BCUT2D eigenvalue weighted by Gasteiger charge is -2.22. The molecule has 0 aliphatic rings. The van der Waals surface area contributed by atoms with Gasteiger partial charge in [-0.2, -0.15) is 0 Å². The Kier molecular flexibility index (Phi) is 4.77. The lowest BCUT2D eigenvalue weighted by molar-refractivity contribution is 0.147. The van der Waals surface area contributed by atoms with Gasteiger partial charge in [-0.15, -0.1) is 0 Å². The van der Waals surface area contributed by atoms with Crippen LogP contribution in [-0.4, -0.2) is 16.6 Å². The molecule has 100 valence electrons. The zero-order valence-electron chi connectivity index (χ0n) is 10.1. The Balaban J connectivity index is 2.33. The molecule has 1 aromatic carbocycles. The summed E-state index contributed by atoms with van der Waals surface area (Å²) in [4.78, 5) is 4.05. The summed E-state index contributed by atoms with van der Waals surface area (Å²) < 4.78 is 0. The Labute approximate surface area is 122 Å². The maximum absolute atomic E-state index is 10.5. The number of aliphatic hydroxyl groups excluding tert-OH is 1. The van der Waals surface area contributed by atoms with E-state index in [1.807, 2.05) is 12.1 Å². The fraction of sp³-hybridized carbons (Fsp3) is 0.214. The summed E-state index contributed by atoms with van der Waals surface area (Å²) in [6, 6.07) is 8.71. The SMILES string of the molecule is NCC(c1cccnc1)C(O)c1cc(Cl)cc(Cl)c1. The summed E-state index contributed by atoms with van der Waals surface area (Å²) in [5.74, 6) is -0.247. The molecule has 0 saturated heterocycles. The number of nitrogens with two attached hydrogens (primary N) is 1. The zero-order valence-corrected chi connectivity index (χ0v) is 11.6. The van der Waals surface area contributed by atoms with E-state index in [1.54, 1.807) is 30.6 Å². The molecule has 3 N–H and O–H groups in total. The predicted molar refractivity (Wildman–Crippen MR) is 77.5 cm³/mol. The van der Waals surface area contributed by atoms with Crippen LogP contribution in [-0.2, 0) is 0 Å². The summed E-state index contributed by atoms with van der Waals surface area (Å²) in [6.07, 6.45) is 2.61. The lowest BCUT2D eigenvalue weighted by Crippen LogP contribution is -2.20. The van der Waals surface area contributed by atoms with Crippen molar-refractivity contribution >= 4 is 23.2 Å². The van der Waals surface area contributed by atoms with Crippen molar-refractivity contribution in [3.05, 3.63) is 63.9 Å². The number of halogens is 2. The van der Waals surface area contributed by atoms with E-state index in [2.05, 4.69) is 4.98 Å². The third-order valence-corrected chi connectivity index (χ3v) is 3.41. The van der Waals surface area contributed by atoms with Gasteiger partial charge in [0, 0.05) is 34.9 Å². The van der Waals surface area contributed by atoms with Crippen molar-refractivity contribution in [1.29, 1.82) is 0 Å². The van der Waals surface area contributed by atoms with E-state index in [-0.39, 0.29) is 5.92 Å². The Morgan fingerprint density at radius 3 is 2.37 bits per heavy atom. The molecule has 0 radical (unpaired) electrons. The van der Waals surface area contributed by atoms with Crippen LogP contribution in [0.2, 0.25) is 10.0 Å². The minimum Gasteiger partial charge on any atom is -0.388 e. The van der Waals surface area contributed by atoms with Gasteiger partial charge in [0.15, 0.2) is 0 Å². The number of rotatable bonds is 4. The van der Waals surface area contributed by atoms with Crippen molar-refractivity contribution < 1.29 is 5.11 Å². The van der Waals surface area contributed by atoms with Crippen molar-refractivity contribution in [3.63, 3.8) is 0 Å². The van der Waals surface area contributed by atoms with Gasteiger partial charge in [0.05, 0.1) is 6.10 Å². The van der Waals surface area contributed by atoms with Gasteiger partial charge in [-0.25, -0.2) is 0 Å². The predicted octanol–water partition coefficient (Wildman–Crippen LogP) is 3.16. The molecule has 19 heavy (non-hydrogen) atoms. The number of aliphatic hydroxyl groups is 1. The zero-order chi connectivity index (χ0) is 13.8. The van der Waals surface area contributed by atoms with Gasteiger partial charge in [-0.05, 0) is 35.4 Å². The molecule has 0 aliphatic carbocycles. The molecule has 3 nitrogen and oxygen atoms in total. The average Bonchev–Trinajstić information content (AvgIpc) is 2.39. The molecule has 0 saturated carbocycles. The van der Waals surface area contributed by atoms with Crippen LogP contribution in [0, 0.1) is 0 Å². The molecule has 2 aromatic rings. The van der Waals surface area contributed by atoms with E-state index in [4.69, 9.17) is 28.9 Å². The van der Waals surface area contributed by atoms with Crippen molar-refractivity contribution in [3.8, 4) is 0 Å². The normalized spacial score (nSPS) is 14.1. The molecule has 1 aromatic heterocycles. The average molecular weight is 297 g/mol. The highest BCUT2D eigenvalue weighted by Crippen LogP contribution is 2.32. The third-order valence-electron chi connectivity index (χ3n) is 2.97. The van der Waals surface area contributed by atoms with Crippen LogP contribution in [0.5, 0.6) is 0 Å². The minimum absolute atomic E-state index is 0.247. The van der Waals surface area contributed by atoms with Crippen LogP contribution < -0.4 is 5.73 Å². The Morgan fingerprint density at radius 2 is 1.84 bits per heavy atom. The molecule has 0 bridgehead atoms. The molecule has 1 heterocycles. The van der Waals surface area contributed by atoms with Crippen molar-refractivity contribution in [2.24, 2.45) is 5.73 Å². The van der Waals surface area contributed by atoms with Crippen LogP contribution in [0.15, 0.2) is 42.7 Å². The second-order valence-electron chi connectivity index (χ2n) is 4.28. The highest BCUT2D eigenvalue weighted by molar-refractivity contribution is 6.34. The molecular formula is C14H14Cl2N2O. The molecule has 0 amide bonds. The first-order valence-electron chi connectivity index (χ1n) is 5.86. The maximum atomic E-state index is 10.5. The van der Waals surface area contributed by atoms with E-state index in [0.29, 0.717) is 22.2 Å². The van der Waals surface area contributed by atoms with E-state index in [1.165, 1.54) is 0 Å². The largest absolute Gasteiger partial charge is 0.388 e. The number of benzene rings is 1. The summed E-state index contributed by atoms with van der Waals surface area (Å²) >= 11 is 11.9. The smallest absolute Gasteiger partial charge is 0.0872 e. The quantitative estimate of drug-likeness (QED) is 0.911. The summed E-state index contributed by atoms with van der Waals surface area (Å²) in [6.45, 7) is 0.303. The second-order valence-corrected chi connectivity index (χ2v) is 5.15. The molecule has 0 aliphatic heterocycles. The standard InChI is InChI=1S/C14H14Cl2N2O/c15-11-4-10(5-12(16)6-11)14(19)13(7-17)9-2-1-3-18-8-9/h1-6,8,13-14,19H,7,17H2. The number of nitrogens with zero attached hydrogens (tertiary/aromatic N) is 1. The molecule has 2 unspecified atom stereocenters. The molecular weight excluding hydrogens is 283 g/mol. The van der Waals surface area contributed by atoms with Crippen molar-refractivity contribution in [2.45, 2.75) is 12.0 Å². The Morgan fingerprint density at radius 1 is 1.16 bits per heavy atom. The van der Waals surface area contributed by atoms with E-state index in [9.17, 15) is 5.11 Å². The van der Waals surface area contributed by atoms with Gasteiger partial charge in [0.1, 0.15) is 0 Å². The molecule has 5 heteroatoms. The highest BCUT2D eigenvalue weighted by Gasteiger charge is 2.22. The summed E-state index contributed by atoms with van der Waals surface area (Å²) in [5.41, 5.74) is 7.30. The Hall–Kier alpha value is -1.13. The van der Waals surface area contributed by atoms with Crippen LogP contribution in [0.4, 0.5) is 0 Å². The maximum Gasteiger partial charge on any atom is 0.0872 e. The van der Waals surface area contributed by atoms with Crippen LogP contribution in [0.25, 0.3) is 0 Å². The Bertz CT molecular complexity index is 528. The third kappa shape index (κ3) is 3.45. The molecule has 2 rings (SSSR count). The summed E-state index contributed by atoms with van der Waals surface area (Å²) in [7, 11) is 0. The number of hydrogen-bond acceptors (Lipinski definition) is 3. The second kappa shape index (κ2) is 6.35. The topological polar surface area (TPSA) is 59.1 Å². The van der Waals surface area contributed by atoms with Crippen LogP contribution in [0.3, 0.4) is 0 Å². The fourth-order valence-corrected chi connectivity index (χ4v) is 2.56. The monoisotopic (exact) mass is 296 g/mol. The van der Waals surface area contributed by atoms with Gasteiger partial charge >= 0.3 is 0 Å². The minimum atomic E-state index is -0.773. The lowest BCUT2D eigenvalue weighted by atomic mass is 9.90. The first kappa shape index (κ1) is 14.3. The van der Waals surface area contributed by atoms with Gasteiger partial charge in [0.2, 0.25) is 0 Å². The molecule has 0 fully saturated rings. The first-order chi connectivity index (χ1) is 9.11. The summed E-state index contributed by atoms with van der Waals surface area (Å²) in [5, 5.41) is 11.4. The molecule has 2 atom stereocenters. The highest BCUT2D eigenvalue weighted by atomic mass is 35.5. The van der Waals surface area contributed by atoms with Crippen LogP contribution in [0.1, 0.15) is 23.1 Å². The number of hydrogen-bond donors (Lipinski definition) is 2. The molecule has 0 spiro atoms. The van der Waals surface area contributed by atoms with Crippen molar-refractivity contribution in [2.75, 3.05) is 6.54 Å². The van der Waals surface area contributed by atoms with Crippen molar-refractivity contribution in [1.82, 2.24) is 4.98 Å². The number of pyridine rings is 1. The fourth-order valence-electron chi connectivity index (χ4n) is 2.02. The van der Waals surface area contributed by atoms with E-state index >= 15 is 0 Å². The van der Waals surface area contributed by atoms with Gasteiger partial charge < -0.3 is 10.8 Å². The van der Waals surface area contributed by atoms with E-state index < -0.39 is 6.10 Å². The van der Waals surface area contributed by atoms with E-state index in [0.717, 1.165) is 5.56 Å². The number of aromatic nitrogens is 1.